The molecule has 1 unspecified atom stereocenters. The van der Waals surface area contributed by atoms with E-state index in [4.69, 9.17) is 4.74 Å². The predicted octanol–water partition coefficient (Wildman–Crippen LogP) is 4.87. The van der Waals surface area contributed by atoms with Crippen LogP contribution in [0, 0.1) is 11.7 Å². The van der Waals surface area contributed by atoms with E-state index in [1.807, 2.05) is 46.7 Å². The number of fused-ring (bicyclic) bond motifs is 1. The summed E-state index contributed by atoms with van der Waals surface area (Å²) in [5.41, 5.74) is 2.00. The maximum absolute atomic E-state index is 14.2. The number of thiophene rings is 1. The zero-order valence-corrected chi connectivity index (χ0v) is 20.4. The van der Waals surface area contributed by atoms with Gasteiger partial charge in [-0.2, -0.15) is 0 Å². The monoisotopic (exact) mass is 492 g/mol. The first kappa shape index (κ1) is 23.5. The van der Waals surface area contributed by atoms with E-state index in [9.17, 15) is 14.0 Å². The Bertz CT molecular complexity index is 1180. The molecule has 182 valence electrons. The predicted molar refractivity (Wildman–Crippen MR) is 134 cm³/mol. The lowest BCUT2D eigenvalue weighted by molar-refractivity contribution is -0.142. The summed E-state index contributed by atoms with van der Waals surface area (Å²) in [6.07, 6.45) is 3.26. The van der Waals surface area contributed by atoms with Gasteiger partial charge < -0.3 is 14.5 Å². The van der Waals surface area contributed by atoms with E-state index < -0.39 is 5.82 Å². The molecule has 5 nitrogen and oxygen atoms in total. The first-order valence-corrected chi connectivity index (χ1v) is 13.0. The minimum atomic E-state index is -0.422. The zero-order valence-electron chi connectivity index (χ0n) is 19.6. The molecule has 5 rings (SSSR count). The number of carbonyl (C=O) groups excluding carboxylic acids is 2. The largest absolute Gasteiger partial charge is 0.488 e. The van der Waals surface area contributed by atoms with E-state index in [-0.39, 0.29) is 43.2 Å². The quantitative estimate of drug-likeness (QED) is 0.428. The third-order valence-corrected chi connectivity index (χ3v) is 7.70. The molecular formula is C28H29FN2O3S. The number of ether oxygens (including phenoxy) is 1. The van der Waals surface area contributed by atoms with Crippen molar-refractivity contribution in [2.45, 2.75) is 31.7 Å². The van der Waals surface area contributed by atoms with Gasteiger partial charge in [-0.05, 0) is 59.9 Å². The third-order valence-electron chi connectivity index (χ3n) is 6.70. The van der Waals surface area contributed by atoms with Crippen LogP contribution in [0.3, 0.4) is 0 Å². The summed E-state index contributed by atoms with van der Waals surface area (Å²) >= 11 is 1.67. The van der Waals surface area contributed by atoms with Crippen LogP contribution in [0.15, 0.2) is 66.0 Å². The van der Waals surface area contributed by atoms with Gasteiger partial charge in [0.05, 0.1) is 19.0 Å². The molecule has 1 aliphatic carbocycles. The molecule has 1 fully saturated rings. The van der Waals surface area contributed by atoms with Crippen molar-refractivity contribution in [1.29, 1.82) is 0 Å². The van der Waals surface area contributed by atoms with Gasteiger partial charge in [0.2, 0.25) is 11.8 Å². The maximum atomic E-state index is 14.2. The highest BCUT2D eigenvalue weighted by Crippen LogP contribution is 2.35. The van der Waals surface area contributed by atoms with Crippen molar-refractivity contribution in [2.24, 2.45) is 5.92 Å². The smallest absolute Gasteiger partial charge is 0.242 e. The average Bonchev–Trinajstić information content (AvgIpc) is 3.55. The van der Waals surface area contributed by atoms with Crippen molar-refractivity contribution in [1.82, 2.24) is 9.80 Å². The highest BCUT2D eigenvalue weighted by atomic mass is 32.1. The summed E-state index contributed by atoms with van der Waals surface area (Å²) < 4.78 is 20.0. The molecule has 2 heterocycles. The lowest BCUT2D eigenvalue weighted by Crippen LogP contribution is -2.48. The first-order valence-electron chi connectivity index (χ1n) is 12.1. The highest BCUT2D eigenvalue weighted by Gasteiger charge is 2.35. The molecule has 0 bridgehead atoms. The number of rotatable bonds is 9. The van der Waals surface area contributed by atoms with Crippen molar-refractivity contribution in [3.63, 3.8) is 0 Å². The summed E-state index contributed by atoms with van der Waals surface area (Å²) in [6.45, 7) is 1.39. The van der Waals surface area contributed by atoms with Crippen molar-refractivity contribution in [3.8, 4) is 5.75 Å². The molecule has 7 heteroatoms. The van der Waals surface area contributed by atoms with E-state index in [0.717, 1.165) is 30.4 Å². The first-order chi connectivity index (χ1) is 17.1. The van der Waals surface area contributed by atoms with E-state index in [1.54, 1.807) is 34.4 Å². The SMILES string of the molecule is O=C(Cc1ccccc1)N(CC(=O)N1CCc2sccc2C1COc1ccccc1F)CC1CC1. The zero-order chi connectivity index (χ0) is 24.2. The Morgan fingerprint density at radius 3 is 2.60 bits per heavy atom. The van der Waals surface area contributed by atoms with Crippen LogP contribution in [0.4, 0.5) is 4.39 Å². The van der Waals surface area contributed by atoms with E-state index >= 15 is 0 Å². The maximum Gasteiger partial charge on any atom is 0.242 e. The average molecular weight is 493 g/mol. The van der Waals surface area contributed by atoms with E-state index in [2.05, 4.69) is 0 Å². The Balaban J connectivity index is 1.31. The van der Waals surface area contributed by atoms with Crippen LogP contribution in [-0.2, 0) is 22.4 Å². The number of benzene rings is 2. The molecule has 1 atom stereocenters. The van der Waals surface area contributed by atoms with E-state index in [0.29, 0.717) is 19.0 Å². The molecule has 1 aliphatic heterocycles. The molecule has 1 aromatic heterocycles. The molecule has 0 radical (unpaired) electrons. The summed E-state index contributed by atoms with van der Waals surface area (Å²) in [5.74, 6) is 0.118. The topological polar surface area (TPSA) is 49.9 Å². The molecule has 2 aliphatic rings. The molecule has 0 spiro atoms. The molecule has 2 aromatic carbocycles. The van der Waals surface area contributed by atoms with Crippen LogP contribution < -0.4 is 4.74 Å². The van der Waals surface area contributed by atoms with Gasteiger partial charge in [0.25, 0.3) is 0 Å². The summed E-state index contributed by atoms with van der Waals surface area (Å²) in [6, 6.07) is 17.7. The van der Waals surface area contributed by atoms with Crippen LogP contribution in [0.25, 0.3) is 0 Å². The number of hydrogen-bond acceptors (Lipinski definition) is 4. The summed E-state index contributed by atoms with van der Waals surface area (Å²) in [4.78, 5) is 31.5. The van der Waals surface area contributed by atoms with Gasteiger partial charge in [-0.15, -0.1) is 11.3 Å². The number of hydrogen-bond donors (Lipinski definition) is 0. The second-order valence-electron chi connectivity index (χ2n) is 9.27. The minimum Gasteiger partial charge on any atom is -0.488 e. The molecular weight excluding hydrogens is 463 g/mol. The van der Waals surface area contributed by atoms with Crippen molar-refractivity contribution >= 4 is 23.2 Å². The Hall–Kier alpha value is -3.19. The fraction of sp³-hybridized carbons (Fsp3) is 0.357. The Morgan fingerprint density at radius 2 is 1.83 bits per heavy atom. The molecule has 0 saturated heterocycles. The van der Waals surface area contributed by atoms with E-state index in [1.165, 1.54) is 10.9 Å². The summed E-state index contributed by atoms with van der Waals surface area (Å²) in [5, 5.41) is 2.03. The van der Waals surface area contributed by atoms with Crippen molar-refractivity contribution < 1.29 is 18.7 Å². The molecule has 0 N–H and O–H groups in total. The van der Waals surface area contributed by atoms with Gasteiger partial charge >= 0.3 is 0 Å². The van der Waals surface area contributed by atoms with Gasteiger partial charge in [0.1, 0.15) is 6.61 Å². The second-order valence-corrected chi connectivity index (χ2v) is 10.3. The minimum absolute atomic E-state index is 0.0242. The number of carbonyl (C=O) groups is 2. The highest BCUT2D eigenvalue weighted by molar-refractivity contribution is 7.10. The Morgan fingerprint density at radius 1 is 1.06 bits per heavy atom. The van der Waals surface area contributed by atoms with Crippen molar-refractivity contribution in [2.75, 3.05) is 26.2 Å². The standard InChI is InChI=1S/C28H29FN2O3S/c29-23-8-4-5-9-25(23)34-19-24-22-13-15-35-26(22)12-14-31(24)28(33)18-30(17-21-10-11-21)27(32)16-20-6-2-1-3-7-20/h1-9,13,15,21,24H,10-12,14,16-19H2. The number of para-hydroxylation sites is 1. The Labute approximate surface area is 209 Å². The fourth-order valence-electron chi connectivity index (χ4n) is 4.61. The molecule has 1 saturated carbocycles. The fourth-order valence-corrected chi connectivity index (χ4v) is 5.54. The van der Waals surface area contributed by atoms with Gasteiger partial charge in [0, 0.05) is 18.0 Å². The lowest BCUT2D eigenvalue weighted by Gasteiger charge is -2.37. The Kier molecular flexibility index (Phi) is 7.13. The van der Waals surface area contributed by atoms with Gasteiger partial charge in [-0.3, -0.25) is 9.59 Å². The van der Waals surface area contributed by atoms with Gasteiger partial charge in [0.15, 0.2) is 11.6 Å². The second kappa shape index (κ2) is 10.6. The normalized spacial score (nSPS) is 17.1. The number of halogens is 1. The van der Waals surface area contributed by atoms with Gasteiger partial charge in [-0.25, -0.2) is 4.39 Å². The molecule has 2 amide bonds. The van der Waals surface area contributed by atoms with Crippen LogP contribution in [0.5, 0.6) is 5.75 Å². The van der Waals surface area contributed by atoms with Crippen LogP contribution >= 0.6 is 11.3 Å². The molecule has 3 aromatic rings. The lowest BCUT2D eigenvalue weighted by atomic mass is 10.00. The van der Waals surface area contributed by atoms with Crippen LogP contribution in [0.1, 0.15) is 34.9 Å². The van der Waals surface area contributed by atoms with Crippen LogP contribution in [-0.4, -0.2) is 47.9 Å². The van der Waals surface area contributed by atoms with Gasteiger partial charge in [-0.1, -0.05) is 42.5 Å². The summed E-state index contributed by atoms with van der Waals surface area (Å²) in [7, 11) is 0. The number of amides is 2. The van der Waals surface area contributed by atoms with Crippen molar-refractivity contribution in [3.05, 3.63) is 87.9 Å². The number of nitrogens with zero attached hydrogens (tertiary/aromatic N) is 2. The molecule has 35 heavy (non-hydrogen) atoms. The van der Waals surface area contributed by atoms with Crippen LogP contribution in [0.2, 0.25) is 0 Å². The third kappa shape index (κ3) is 5.73.